The molecule has 272 valence electrons. The Hall–Kier alpha value is -5.94. The molecule has 0 spiro atoms. The molecule has 12 heteroatoms. The first-order valence-electron chi connectivity index (χ1n) is 16.4. The number of hydrogen-bond acceptors (Lipinski definition) is 6. The third kappa shape index (κ3) is 10.3. The number of rotatable bonds is 12. The third-order valence-corrected chi connectivity index (χ3v) is 8.33. The molecular weight excluding hydrogens is 709 g/mol. The molecule has 0 aliphatic heterocycles. The van der Waals surface area contributed by atoms with E-state index in [-0.39, 0.29) is 47.1 Å². The molecule has 0 saturated carbocycles. The zero-order valence-corrected chi connectivity index (χ0v) is 29.5. The van der Waals surface area contributed by atoms with Crippen molar-refractivity contribution in [3.05, 3.63) is 154 Å². The second kappa shape index (κ2) is 17.1. The number of benzene rings is 5. The van der Waals surface area contributed by atoms with Crippen LogP contribution in [0, 0.1) is 0 Å². The lowest BCUT2D eigenvalue weighted by Crippen LogP contribution is -2.24. The van der Waals surface area contributed by atoms with Crippen molar-refractivity contribution in [1.29, 1.82) is 0 Å². The molecule has 0 unspecified atom stereocenters. The van der Waals surface area contributed by atoms with Gasteiger partial charge in [0.15, 0.2) is 0 Å². The van der Waals surface area contributed by atoms with Crippen molar-refractivity contribution >= 4 is 41.0 Å². The van der Waals surface area contributed by atoms with Crippen LogP contribution >= 0.6 is 11.6 Å². The molecule has 0 heterocycles. The average Bonchev–Trinajstić information content (AvgIpc) is 3.14. The lowest BCUT2D eigenvalue weighted by Gasteiger charge is -2.17. The van der Waals surface area contributed by atoms with Crippen molar-refractivity contribution in [3.8, 4) is 16.9 Å². The highest BCUT2D eigenvalue weighted by Crippen LogP contribution is 2.32. The van der Waals surface area contributed by atoms with Gasteiger partial charge in [-0.2, -0.15) is 13.2 Å². The molecule has 5 aromatic carbocycles. The molecule has 0 fully saturated rings. The number of nitrogens with zero attached hydrogens (tertiary/aromatic N) is 1. The van der Waals surface area contributed by atoms with Crippen LogP contribution in [0.1, 0.15) is 60.6 Å². The molecular formula is C41H34ClF3N2O6. The van der Waals surface area contributed by atoms with Gasteiger partial charge >= 0.3 is 18.1 Å². The van der Waals surface area contributed by atoms with Crippen LogP contribution in [0.2, 0.25) is 5.02 Å². The Kier molecular flexibility index (Phi) is 12.3. The molecule has 0 radical (unpaired) electrons. The second-order valence-electron chi connectivity index (χ2n) is 12.2. The number of alkyl halides is 3. The van der Waals surface area contributed by atoms with Gasteiger partial charge in [-0.25, -0.2) is 4.79 Å². The number of anilines is 1. The number of ether oxygens (including phenoxy) is 2. The average molecular weight is 743 g/mol. The van der Waals surface area contributed by atoms with E-state index in [1.165, 1.54) is 41.3 Å². The van der Waals surface area contributed by atoms with Crippen molar-refractivity contribution in [2.45, 2.75) is 32.0 Å². The molecule has 5 aromatic rings. The smallest absolute Gasteiger partial charge is 0.416 e. The first-order chi connectivity index (χ1) is 25.3. The van der Waals surface area contributed by atoms with Crippen molar-refractivity contribution in [2.24, 2.45) is 0 Å². The van der Waals surface area contributed by atoms with E-state index in [2.05, 4.69) is 5.32 Å². The normalized spacial score (nSPS) is 11.1. The number of carbonyl (C=O) groups excluding carboxylic acids is 4. The van der Waals surface area contributed by atoms with Gasteiger partial charge in [0.1, 0.15) is 12.4 Å². The largest absolute Gasteiger partial charge is 0.457 e. The Labute approximate surface area is 309 Å². The number of nitrogens with one attached hydrogen (secondary N) is 1. The van der Waals surface area contributed by atoms with Gasteiger partial charge in [0.25, 0.3) is 11.8 Å². The summed E-state index contributed by atoms with van der Waals surface area (Å²) in [6.45, 7) is 0.0570. The standard InChI is InChI=1S/C41H34ClF3N2O6/c1-47(2)39(50)35-24-26(7-6-12-37(48)53-32-20-16-29(17-21-32)40(51)52-25-27-8-5-9-31(42)23-27)13-22-36(35)46-38(49)34-11-4-3-10-33(34)28-14-18-30(19-15-28)41(43,44)45/h3-5,8-11,13-24H,6-7,12,25H2,1-2H3,(H,46,49). The highest BCUT2D eigenvalue weighted by molar-refractivity contribution is 6.30. The molecule has 0 aromatic heterocycles. The summed E-state index contributed by atoms with van der Waals surface area (Å²) in [4.78, 5) is 53.1. The van der Waals surface area contributed by atoms with Crippen LogP contribution in [0.5, 0.6) is 5.75 Å². The van der Waals surface area contributed by atoms with Crippen molar-refractivity contribution < 1.29 is 41.8 Å². The molecule has 2 amide bonds. The first kappa shape index (κ1) is 38.3. The molecule has 0 aliphatic carbocycles. The number of aryl methyl sites for hydroxylation is 1. The molecule has 0 atom stereocenters. The summed E-state index contributed by atoms with van der Waals surface area (Å²) in [5, 5.41) is 3.33. The van der Waals surface area contributed by atoms with E-state index in [0.717, 1.165) is 23.3 Å². The highest BCUT2D eigenvalue weighted by Gasteiger charge is 2.30. The summed E-state index contributed by atoms with van der Waals surface area (Å²) in [5.74, 6) is -1.68. The van der Waals surface area contributed by atoms with Gasteiger partial charge in [-0.1, -0.05) is 60.1 Å². The molecule has 53 heavy (non-hydrogen) atoms. The second-order valence-corrected chi connectivity index (χ2v) is 12.6. The van der Waals surface area contributed by atoms with Gasteiger partial charge in [-0.3, -0.25) is 14.4 Å². The summed E-state index contributed by atoms with van der Waals surface area (Å²) in [5.41, 5.74) is 2.50. The van der Waals surface area contributed by atoms with E-state index in [0.29, 0.717) is 29.0 Å². The maximum absolute atomic E-state index is 13.5. The van der Waals surface area contributed by atoms with Gasteiger partial charge in [0, 0.05) is 31.1 Å². The van der Waals surface area contributed by atoms with E-state index >= 15 is 0 Å². The predicted molar refractivity (Wildman–Crippen MR) is 195 cm³/mol. The van der Waals surface area contributed by atoms with Crippen LogP contribution in [-0.2, 0) is 28.7 Å². The number of amides is 2. The fourth-order valence-corrected chi connectivity index (χ4v) is 5.59. The first-order valence-corrected chi connectivity index (χ1v) is 16.8. The number of carbonyl (C=O) groups is 4. The summed E-state index contributed by atoms with van der Waals surface area (Å²) < 4.78 is 50.1. The molecule has 0 bridgehead atoms. The zero-order valence-electron chi connectivity index (χ0n) is 28.7. The lowest BCUT2D eigenvalue weighted by atomic mass is 9.97. The Morgan fingerprint density at radius 3 is 2.17 bits per heavy atom. The Morgan fingerprint density at radius 1 is 0.774 bits per heavy atom. The predicted octanol–water partition coefficient (Wildman–Crippen LogP) is 9.27. The molecule has 0 saturated heterocycles. The Balaban J connectivity index is 1.19. The maximum Gasteiger partial charge on any atom is 0.416 e. The molecule has 0 aliphatic rings. The Morgan fingerprint density at radius 2 is 1.49 bits per heavy atom. The monoisotopic (exact) mass is 742 g/mol. The zero-order chi connectivity index (χ0) is 38.1. The maximum atomic E-state index is 13.5. The molecule has 1 N–H and O–H groups in total. The van der Waals surface area contributed by atoms with Gasteiger partial charge in [0.05, 0.1) is 22.4 Å². The van der Waals surface area contributed by atoms with Gasteiger partial charge in [-0.05, 0) is 102 Å². The molecule has 5 rings (SSSR count). The number of esters is 2. The number of hydrogen-bond donors (Lipinski definition) is 1. The van der Waals surface area contributed by atoms with Crippen LogP contribution in [0.4, 0.5) is 18.9 Å². The van der Waals surface area contributed by atoms with Gasteiger partial charge in [-0.15, -0.1) is 0 Å². The summed E-state index contributed by atoms with van der Waals surface area (Å²) in [6, 6.07) is 29.0. The van der Waals surface area contributed by atoms with Crippen molar-refractivity contribution in [3.63, 3.8) is 0 Å². The summed E-state index contributed by atoms with van der Waals surface area (Å²) in [6.07, 6.45) is -3.60. The quantitative estimate of drug-likeness (QED) is 0.101. The summed E-state index contributed by atoms with van der Waals surface area (Å²) in [7, 11) is 3.15. The van der Waals surface area contributed by atoms with Crippen LogP contribution in [-0.4, -0.2) is 42.7 Å². The molecule has 8 nitrogen and oxygen atoms in total. The van der Waals surface area contributed by atoms with E-state index < -0.39 is 29.6 Å². The minimum atomic E-state index is -4.49. The van der Waals surface area contributed by atoms with Gasteiger partial charge < -0.3 is 19.7 Å². The van der Waals surface area contributed by atoms with Gasteiger partial charge in [0.2, 0.25) is 0 Å². The van der Waals surface area contributed by atoms with E-state index in [9.17, 15) is 32.3 Å². The Bertz CT molecular complexity index is 2120. The van der Waals surface area contributed by atoms with Crippen LogP contribution in [0.25, 0.3) is 11.1 Å². The van der Waals surface area contributed by atoms with Crippen LogP contribution in [0.15, 0.2) is 115 Å². The van der Waals surface area contributed by atoms with Crippen LogP contribution in [0.3, 0.4) is 0 Å². The number of halogens is 4. The minimum Gasteiger partial charge on any atom is -0.457 e. The van der Waals surface area contributed by atoms with Crippen molar-refractivity contribution in [2.75, 3.05) is 19.4 Å². The highest BCUT2D eigenvalue weighted by atomic mass is 35.5. The van der Waals surface area contributed by atoms with Crippen LogP contribution < -0.4 is 10.1 Å². The summed E-state index contributed by atoms with van der Waals surface area (Å²) >= 11 is 5.97. The van der Waals surface area contributed by atoms with E-state index in [4.69, 9.17) is 21.1 Å². The topological polar surface area (TPSA) is 102 Å². The van der Waals surface area contributed by atoms with E-state index in [1.807, 2.05) is 0 Å². The SMILES string of the molecule is CN(C)C(=O)c1cc(CCCC(=O)Oc2ccc(C(=O)OCc3cccc(Cl)c3)cc2)ccc1NC(=O)c1ccccc1-c1ccc(C(F)(F)F)cc1. The minimum absolute atomic E-state index is 0.0570. The van der Waals surface area contributed by atoms with Crippen molar-refractivity contribution in [1.82, 2.24) is 4.90 Å². The lowest BCUT2D eigenvalue weighted by molar-refractivity contribution is -0.137. The fraction of sp³-hybridized carbons (Fsp3) is 0.171. The third-order valence-electron chi connectivity index (χ3n) is 8.09. The fourth-order valence-electron chi connectivity index (χ4n) is 5.37. The van der Waals surface area contributed by atoms with E-state index in [1.54, 1.807) is 80.8 Å².